The molecule has 0 amide bonds. The Labute approximate surface area is 85.2 Å². The van der Waals surface area contributed by atoms with Crippen molar-refractivity contribution in [3.05, 3.63) is 43.0 Å². The Kier molecular flexibility index (Phi) is 4.18. The van der Waals surface area contributed by atoms with Crippen LogP contribution in [0.3, 0.4) is 0 Å². The molecule has 0 aliphatic carbocycles. The van der Waals surface area contributed by atoms with Crippen molar-refractivity contribution in [2.75, 3.05) is 0 Å². The Morgan fingerprint density at radius 3 is 2.69 bits per heavy atom. The van der Waals surface area contributed by atoms with E-state index in [4.69, 9.17) is 4.84 Å². The van der Waals surface area contributed by atoms with Crippen LogP contribution in [0.25, 0.3) is 0 Å². The average molecular weight is 241 g/mol. The van der Waals surface area contributed by atoms with Gasteiger partial charge in [0.15, 0.2) is 0 Å². The van der Waals surface area contributed by atoms with Gasteiger partial charge in [0.05, 0.1) is 5.69 Å². The molecule has 0 spiro atoms. The summed E-state index contributed by atoms with van der Waals surface area (Å²) in [7, 11) is 0. The van der Waals surface area contributed by atoms with Gasteiger partial charge in [-0.2, -0.15) is 0 Å². The Morgan fingerprint density at radius 2 is 2.08 bits per heavy atom. The summed E-state index contributed by atoms with van der Waals surface area (Å²) in [6.07, 6.45) is 1.57. The molecule has 0 radical (unpaired) electrons. The van der Waals surface area contributed by atoms with Crippen molar-refractivity contribution in [3.63, 3.8) is 0 Å². The highest BCUT2D eigenvalue weighted by atomic mass is 79.9. The summed E-state index contributed by atoms with van der Waals surface area (Å²) in [6, 6.07) is 9.35. The predicted octanol–water partition coefficient (Wildman–Crippen LogP) is 3.61. The molecular formula is C9H9BrN2O. The Bertz CT molecular complexity index is 287. The van der Waals surface area contributed by atoms with Crippen LogP contribution in [-0.4, -0.2) is 5.01 Å². The maximum atomic E-state index is 4.85. The number of nitrogens with zero attached hydrogens (tertiary/aromatic N) is 2. The first-order chi connectivity index (χ1) is 6.33. The third-order valence-corrected chi connectivity index (χ3v) is 1.79. The highest BCUT2D eigenvalue weighted by Gasteiger charge is 1.94. The van der Waals surface area contributed by atoms with Crippen molar-refractivity contribution in [2.45, 2.75) is 5.01 Å². The van der Waals surface area contributed by atoms with E-state index >= 15 is 0 Å². The molecule has 0 saturated heterocycles. The van der Waals surface area contributed by atoms with E-state index in [2.05, 4.69) is 32.9 Å². The zero-order valence-corrected chi connectivity index (χ0v) is 8.52. The van der Waals surface area contributed by atoms with Crippen LogP contribution in [0, 0.1) is 0 Å². The molecule has 4 heteroatoms. The molecule has 0 heterocycles. The second-order valence-electron chi connectivity index (χ2n) is 2.21. The van der Waals surface area contributed by atoms with Crippen molar-refractivity contribution < 1.29 is 4.84 Å². The van der Waals surface area contributed by atoms with Crippen LogP contribution in [0.2, 0.25) is 0 Å². The van der Waals surface area contributed by atoms with Crippen molar-refractivity contribution in [3.8, 4) is 0 Å². The normalized spacial score (nSPS) is 12.7. The highest BCUT2D eigenvalue weighted by Crippen LogP contribution is 2.11. The van der Waals surface area contributed by atoms with E-state index in [1.165, 1.54) is 0 Å². The van der Waals surface area contributed by atoms with E-state index < -0.39 is 0 Å². The quantitative estimate of drug-likeness (QED) is 0.343. The standard InChI is InChI=1S/C9H9BrN2O/c1-2-9(10)13-12-11-8-6-4-3-5-7-8/h2-7,9H,1H2/b12-11+. The molecule has 3 nitrogen and oxygen atoms in total. The SMILES string of the molecule is C=CC(Br)O/N=N/c1ccccc1. The van der Waals surface area contributed by atoms with Crippen LogP contribution in [0.1, 0.15) is 0 Å². The molecule has 0 N–H and O–H groups in total. The largest absolute Gasteiger partial charge is 0.360 e. The van der Waals surface area contributed by atoms with Gasteiger partial charge in [-0.3, -0.25) is 0 Å². The van der Waals surface area contributed by atoms with E-state index in [0.717, 1.165) is 5.69 Å². The van der Waals surface area contributed by atoms with Crippen molar-refractivity contribution >= 4 is 21.6 Å². The number of benzene rings is 1. The first-order valence-corrected chi connectivity index (χ1v) is 4.63. The maximum absolute atomic E-state index is 4.85. The van der Waals surface area contributed by atoms with E-state index in [9.17, 15) is 0 Å². The monoisotopic (exact) mass is 240 g/mol. The molecule has 0 saturated carbocycles. The maximum Gasteiger partial charge on any atom is 0.201 e. The van der Waals surface area contributed by atoms with Gasteiger partial charge in [0, 0.05) is 5.28 Å². The molecule has 13 heavy (non-hydrogen) atoms. The van der Waals surface area contributed by atoms with Crippen molar-refractivity contribution in [1.82, 2.24) is 0 Å². The van der Waals surface area contributed by atoms with E-state index in [-0.39, 0.29) is 5.01 Å². The van der Waals surface area contributed by atoms with Gasteiger partial charge in [0.25, 0.3) is 0 Å². The van der Waals surface area contributed by atoms with Crippen molar-refractivity contribution in [1.29, 1.82) is 0 Å². The van der Waals surface area contributed by atoms with Gasteiger partial charge in [0.1, 0.15) is 0 Å². The van der Waals surface area contributed by atoms with Crippen LogP contribution >= 0.6 is 15.9 Å². The zero-order valence-electron chi connectivity index (χ0n) is 6.93. The molecule has 0 aromatic heterocycles. The fourth-order valence-electron chi connectivity index (χ4n) is 0.653. The first-order valence-electron chi connectivity index (χ1n) is 3.71. The summed E-state index contributed by atoms with van der Waals surface area (Å²) in [5.41, 5.74) is 0.756. The van der Waals surface area contributed by atoms with Crippen LogP contribution in [-0.2, 0) is 4.84 Å². The second-order valence-corrected chi connectivity index (χ2v) is 3.11. The minimum Gasteiger partial charge on any atom is -0.360 e. The van der Waals surface area contributed by atoms with Crippen LogP contribution in [0.4, 0.5) is 5.69 Å². The van der Waals surface area contributed by atoms with E-state index in [1.54, 1.807) is 6.08 Å². The zero-order chi connectivity index (χ0) is 9.52. The van der Waals surface area contributed by atoms with Crippen LogP contribution in [0.15, 0.2) is 53.4 Å². The predicted molar refractivity (Wildman–Crippen MR) is 55.0 cm³/mol. The lowest BCUT2D eigenvalue weighted by atomic mass is 10.3. The Hall–Kier alpha value is -1.16. The molecule has 1 unspecified atom stereocenters. The number of alkyl halides is 1. The highest BCUT2D eigenvalue weighted by molar-refractivity contribution is 9.09. The van der Waals surface area contributed by atoms with Crippen molar-refractivity contribution in [2.24, 2.45) is 10.4 Å². The van der Waals surface area contributed by atoms with Gasteiger partial charge in [0.2, 0.25) is 5.01 Å². The van der Waals surface area contributed by atoms with Crippen LogP contribution < -0.4 is 0 Å². The number of hydrogen-bond donors (Lipinski definition) is 0. The van der Waals surface area contributed by atoms with Gasteiger partial charge >= 0.3 is 0 Å². The van der Waals surface area contributed by atoms with Gasteiger partial charge in [-0.15, -0.1) is 5.11 Å². The number of rotatable bonds is 4. The minimum atomic E-state index is -0.292. The topological polar surface area (TPSA) is 34.0 Å². The lowest BCUT2D eigenvalue weighted by Crippen LogP contribution is -1.91. The molecule has 0 aliphatic heterocycles. The number of hydrogen-bond acceptors (Lipinski definition) is 3. The van der Waals surface area contributed by atoms with E-state index in [0.29, 0.717) is 0 Å². The fourth-order valence-corrected chi connectivity index (χ4v) is 0.728. The third kappa shape index (κ3) is 3.85. The summed E-state index contributed by atoms with van der Waals surface area (Å²) >= 11 is 3.16. The van der Waals surface area contributed by atoms with Gasteiger partial charge in [-0.25, -0.2) is 0 Å². The molecule has 1 rings (SSSR count). The summed E-state index contributed by atoms with van der Waals surface area (Å²) in [6.45, 7) is 3.51. The average Bonchev–Trinajstić information content (AvgIpc) is 2.19. The first kappa shape index (κ1) is 9.92. The molecular weight excluding hydrogens is 232 g/mol. The fraction of sp³-hybridized carbons (Fsp3) is 0.111. The summed E-state index contributed by atoms with van der Waals surface area (Å²) < 4.78 is 0. The second kappa shape index (κ2) is 5.48. The van der Waals surface area contributed by atoms with E-state index in [1.807, 2.05) is 30.3 Å². The van der Waals surface area contributed by atoms with Gasteiger partial charge < -0.3 is 4.84 Å². The van der Waals surface area contributed by atoms with Gasteiger partial charge in [-0.05, 0) is 34.1 Å². The van der Waals surface area contributed by atoms with Crippen LogP contribution in [0.5, 0.6) is 0 Å². The molecule has 0 fully saturated rings. The van der Waals surface area contributed by atoms with Gasteiger partial charge in [-0.1, -0.05) is 24.8 Å². The third-order valence-electron chi connectivity index (χ3n) is 1.25. The minimum absolute atomic E-state index is 0.292. The molecule has 1 aromatic carbocycles. The lowest BCUT2D eigenvalue weighted by molar-refractivity contribution is 0.136. The molecule has 1 atom stereocenters. The summed E-state index contributed by atoms with van der Waals surface area (Å²) in [5.74, 6) is 0. The molecule has 0 bridgehead atoms. The Balaban J connectivity index is 2.45. The lowest BCUT2D eigenvalue weighted by Gasteiger charge is -1.97. The smallest absolute Gasteiger partial charge is 0.201 e. The molecule has 68 valence electrons. The summed E-state index contributed by atoms with van der Waals surface area (Å²) in [4.78, 5) is 4.85. The molecule has 1 aromatic rings. The number of halogens is 1. The summed E-state index contributed by atoms with van der Waals surface area (Å²) in [5, 5.41) is 7.05. The Morgan fingerprint density at radius 1 is 1.38 bits per heavy atom. The molecule has 0 aliphatic rings.